The molecule has 2 aromatic heterocycles. The molecule has 0 radical (unpaired) electrons. The molecular formula is C31H23ClN4O4. The van der Waals surface area contributed by atoms with Gasteiger partial charge in [-0.2, -0.15) is 0 Å². The highest BCUT2D eigenvalue weighted by atomic mass is 35.5. The lowest BCUT2D eigenvalue weighted by atomic mass is 9.81. The fraction of sp³-hybridized carbons (Fsp3) is 0.129. The van der Waals surface area contributed by atoms with Crippen molar-refractivity contribution < 1.29 is 18.9 Å². The van der Waals surface area contributed by atoms with Crippen molar-refractivity contribution in [3.63, 3.8) is 0 Å². The smallest absolute Gasteiger partial charge is 0.228 e. The molecule has 3 heterocycles. The Labute approximate surface area is 234 Å². The van der Waals surface area contributed by atoms with E-state index in [-0.39, 0.29) is 12.5 Å². The van der Waals surface area contributed by atoms with Crippen LogP contribution in [-0.2, 0) is 6.61 Å². The third kappa shape index (κ3) is 4.04. The van der Waals surface area contributed by atoms with Crippen molar-refractivity contribution in [2.45, 2.75) is 12.5 Å². The topological polar surface area (TPSA) is 80.0 Å². The molecule has 40 heavy (non-hydrogen) atoms. The van der Waals surface area contributed by atoms with Crippen LogP contribution < -0.4 is 18.9 Å². The minimum absolute atomic E-state index is 0.180. The molecule has 0 spiro atoms. The lowest BCUT2D eigenvalue weighted by Crippen LogP contribution is -2.15. The van der Waals surface area contributed by atoms with E-state index in [0.717, 1.165) is 33.2 Å². The largest absolute Gasteiger partial charge is 0.493 e. The Bertz CT molecular complexity index is 1890. The predicted octanol–water partition coefficient (Wildman–Crippen LogP) is 6.81. The molecule has 0 aliphatic carbocycles. The van der Waals surface area contributed by atoms with E-state index in [0.29, 0.717) is 39.6 Å². The van der Waals surface area contributed by atoms with E-state index in [4.69, 9.17) is 35.5 Å². The third-order valence-corrected chi connectivity index (χ3v) is 7.32. The van der Waals surface area contributed by atoms with Crippen LogP contribution in [0.25, 0.3) is 16.4 Å². The van der Waals surface area contributed by atoms with Gasteiger partial charge in [-0.15, -0.1) is 5.10 Å². The number of benzene rings is 4. The van der Waals surface area contributed by atoms with E-state index in [1.54, 1.807) is 37.2 Å². The number of hydrogen-bond donors (Lipinski definition) is 0. The maximum atomic E-state index is 6.40. The number of aromatic nitrogens is 4. The summed E-state index contributed by atoms with van der Waals surface area (Å²) in [6.07, 6.45) is 1.62. The van der Waals surface area contributed by atoms with E-state index >= 15 is 0 Å². The van der Waals surface area contributed by atoms with Crippen LogP contribution in [0, 0.1) is 0 Å². The zero-order valence-corrected chi connectivity index (χ0v) is 22.4. The van der Waals surface area contributed by atoms with Gasteiger partial charge in [-0.05, 0) is 58.8 Å². The Morgan fingerprint density at radius 3 is 2.55 bits per heavy atom. The van der Waals surface area contributed by atoms with Crippen molar-refractivity contribution >= 4 is 28.0 Å². The molecule has 0 saturated heterocycles. The second kappa shape index (κ2) is 9.73. The van der Waals surface area contributed by atoms with Gasteiger partial charge in [-0.25, -0.2) is 14.5 Å². The van der Waals surface area contributed by atoms with Gasteiger partial charge in [0.05, 0.1) is 19.8 Å². The van der Waals surface area contributed by atoms with E-state index in [1.165, 1.54) is 0 Å². The highest BCUT2D eigenvalue weighted by Crippen LogP contribution is 2.51. The van der Waals surface area contributed by atoms with Crippen molar-refractivity contribution in [3.8, 4) is 28.9 Å². The summed E-state index contributed by atoms with van der Waals surface area (Å²) >= 11 is 6.00. The molecule has 1 unspecified atom stereocenters. The van der Waals surface area contributed by atoms with Gasteiger partial charge >= 0.3 is 0 Å². The van der Waals surface area contributed by atoms with Crippen molar-refractivity contribution in [2.24, 2.45) is 0 Å². The average molecular weight is 551 g/mol. The highest BCUT2D eigenvalue weighted by Gasteiger charge is 2.35. The number of ether oxygens (including phenoxy) is 4. The third-order valence-electron chi connectivity index (χ3n) is 7.07. The Balaban J connectivity index is 1.41. The second-order valence-electron chi connectivity index (χ2n) is 9.35. The maximum absolute atomic E-state index is 6.40. The molecule has 6 aromatic rings. The predicted molar refractivity (Wildman–Crippen MR) is 151 cm³/mol. The summed E-state index contributed by atoms with van der Waals surface area (Å²) in [6.45, 7) is 0.180. The summed E-state index contributed by atoms with van der Waals surface area (Å²) in [5.41, 5.74) is 3.45. The van der Waals surface area contributed by atoms with Crippen LogP contribution >= 0.6 is 11.6 Å². The molecule has 7 rings (SSSR count). The number of hydrogen-bond acceptors (Lipinski definition) is 7. The summed E-state index contributed by atoms with van der Waals surface area (Å²) in [7, 11) is 3.26. The summed E-state index contributed by atoms with van der Waals surface area (Å²) in [5.74, 6) is 3.43. The molecule has 1 atom stereocenters. The molecule has 0 saturated carbocycles. The number of fused-ring (bicyclic) bond motifs is 6. The lowest BCUT2D eigenvalue weighted by Gasteiger charge is -2.29. The fourth-order valence-corrected chi connectivity index (χ4v) is 5.38. The van der Waals surface area contributed by atoms with Gasteiger partial charge in [-0.3, -0.25) is 0 Å². The van der Waals surface area contributed by atoms with Crippen LogP contribution in [0.5, 0.6) is 28.9 Å². The quantitative estimate of drug-likeness (QED) is 0.225. The molecule has 0 fully saturated rings. The summed E-state index contributed by atoms with van der Waals surface area (Å²) in [4.78, 5) is 9.54. The van der Waals surface area contributed by atoms with Crippen molar-refractivity contribution in [3.05, 3.63) is 113 Å². The standard InChI is InChI=1S/C31H23ClN4O4/c1-37-23-13-8-19(15-25(23)38-2)27-28-22-6-4-3-5-18(22)7-14-24(28)40-31-29(27)30-34-26(35-36(30)17-33-31)16-39-21-11-9-20(32)10-12-21/h3-15,17,27H,16H2,1-2H3. The monoisotopic (exact) mass is 550 g/mol. The molecule has 198 valence electrons. The summed E-state index contributed by atoms with van der Waals surface area (Å²) in [6, 6.07) is 25.5. The Morgan fingerprint density at radius 1 is 0.900 bits per heavy atom. The van der Waals surface area contributed by atoms with Crippen molar-refractivity contribution in [1.29, 1.82) is 0 Å². The van der Waals surface area contributed by atoms with Crippen LogP contribution in [-0.4, -0.2) is 33.8 Å². The number of nitrogens with zero attached hydrogens (tertiary/aromatic N) is 4. The van der Waals surface area contributed by atoms with Crippen LogP contribution in [0.4, 0.5) is 0 Å². The first-order valence-corrected chi connectivity index (χ1v) is 13.0. The first-order chi connectivity index (χ1) is 19.6. The van der Waals surface area contributed by atoms with Gasteiger partial charge in [-0.1, -0.05) is 48.0 Å². The van der Waals surface area contributed by atoms with Gasteiger partial charge in [0.1, 0.15) is 24.4 Å². The van der Waals surface area contributed by atoms with Crippen LogP contribution in [0.2, 0.25) is 5.02 Å². The molecule has 0 N–H and O–H groups in total. The van der Waals surface area contributed by atoms with Gasteiger partial charge in [0.2, 0.25) is 5.88 Å². The Hall–Kier alpha value is -4.82. The number of rotatable bonds is 6. The molecule has 4 aromatic carbocycles. The van der Waals surface area contributed by atoms with Crippen molar-refractivity contribution in [2.75, 3.05) is 14.2 Å². The van der Waals surface area contributed by atoms with Gasteiger partial charge in [0.15, 0.2) is 23.0 Å². The van der Waals surface area contributed by atoms with E-state index < -0.39 is 0 Å². The first kappa shape index (κ1) is 24.2. The zero-order valence-electron chi connectivity index (χ0n) is 21.7. The molecule has 0 amide bonds. The van der Waals surface area contributed by atoms with Crippen molar-refractivity contribution in [1.82, 2.24) is 19.6 Å². The minimum Gasteiger partial charge on any atom is -0.493 e. The first-order valence-electron chi connectivity index (χ1n) is 12.7. The van der Waals surface area contributed by atoms with E-state index in [1.807, 2.05) is 48.5 Å². The maximum Gasteiger partial charge on any atom is 0.228 e. The zero-order chi connectivity index (χ0) is 27.2. The molecule has 0 bridgehead atoms. The SMILES string of the molecule is COc1ccc(C2c3c(ccc4ccccc34)Oc3ncn4nc(COc5ccc(Cl)cc5)nc4c32)cc1OC. The summed E-state index contributed by atoms with van der Waals surface area (Å²) in [5, 5.41) is 7.49. The van der Waals surface area contributed by atoms with Gasteiger partial charge in [0, 0.05) is 16.5 Å². The number of halogens is 1. The number of methoxy groups -OCH3 is 2. The fourth-order valence-electron chi connectivity index (χ4n) is 5.25. The Kier molecular flexibility index (Phi) is 5.90. The average Bonchev–Trinajstić information content (AvgIpc) is 3.42. The molecule has 9 heteroatoms. The molecule has 1 aliphatic heterocycles. The van der Waals surface area contributed by atoms with Gasteiger partial charge in [0.25, 0.3) is 0 Å². The van der Waals surface area contributed by atoms with E-state index in [2.05, 4.69) is 28.3 Å². The lowest BCUT2D eigenvalue weighted by molar-refractivity contribution is 0.296. The van der Waals surface area contributed by atoms with Crippen LogP contribution in [0.3, 0.4) is 0 Å². The van der Waals surface area contributed by atoms with Crippen LogP contribution in [0.1, 0.15) is 28.4 Å². The van der Waals surface area contributed by atoms with Crippen LogP contribution in [0.15, 0.2) is 85.2 Å². The normalized spacial score (nSPS) is 13.9. The second-order valence-corrected chi connectivity index (χ2v) is 9.79. The molecule has 8 nitrogen and oxygen atoms in total. The Morgan fingerprint density at radius 2 is 1.73 bits per heavy atom. The molecule has 1 aliphatic rings. The highest BCUT2D eigenvalue weighted by molar-refractivity contribution is 6.30. The van der Waals surface area contributed by atoms with Gasteiger partial charge < -0.3 is 18.9 Å². The summed E-state index contributed by atoms with van der Waals surface area (Å²) < 4.78 is 25.2. The van der Waals surface area contributed by atoms with E-state index in [9.17, 15) is 0 Å². The molecular weight excluding hydrogens is 528 g/mol. The minimum atomic E-state index is -0.268.